The Labute approximate surface area is 151 Å². The van der Waals surface area contributed by atoms with Gasteiger partial charge < -0.3 is 28.8 Å². The van der Waals surface area contributed by atoms with Crippen molar-refractivity contribution in [2.24, 2.45) is 11.8 Å². The van der Waals surface area contributed by atoms with Crippen LogP contribution in [0.3, 0.4) is 0 Å². The Morgan fingerprint density at radius 2 is 1.54 bits per heavy atom. The van der Waals surface area contributed by atoms with Crippen LogP contribution in [0.15, 0.2) is 36.4 Å². The van der Waals surface area contributed by atoms with Gasteiger partial charge in [-0.2, -0.15) is 0 Å². The Bertz CT molecular complexity index is 810. The number of fused-ring (bicyclic) bond motifs is 2. The van der Waals surface area contributed by atoms with Crippen LogP contribution in [0.2, 0.25) is 0 Å². The third-order valence-electron chi connectivity index (χ3n) is 5.52. The fraction of sp³-hybridized carbons (Fsp3) is 0.400. The summed E-state index contributed by atoms with van der Waals surface area (Å²) in [7, 11) is 1.55. The van der Waals surface area contributed by atoms with Gasteiger partial charge in [0.2, 0.25) is 6.79 Å². The number of aromatic hydroxyl groups is 1. The van der Waals surface area contributed by atoms with Crippen LogP contribution < -0.4 is 14.2 Å². The molecule has 0 radical (unpaired) electrons. The second kappa shape index (κ2) is 6.07. The first-order chi connectivity index (χ1) is 12.7. The zero-order chi connectivity index (χ0) is 17.7. The van der Waals surface area contributed by atoms with Crippen molar-refractivity contribution in [2.75, 3.05) is 27.1 Å². The zero-order valence-corrected chi connectivity index (χ0v) is 14.4. The largest absolute Gasteiger partial charge is 0.504 e. The van der Waals surface area contributed by atoms with E-state index < -0.39 is 0 Å². The molecule has 3 aliphatic rings. The van der Waals surface area contributed by atoms with Gasteiger partial charge in [0.25, 0.3) is 0 Å². The molecule has 3 aliphatic heterocycles. The maximum absolute atomic E-state index is 9.82. The van der Waals surface area contributed by atoms with E-state index in [4.69, 9.17) is 23.7 Å². The molecule has 6 nitrogen and oxygen atoms in total. The predicted octanol–water partition coefficient (Wildman–Crippen LogP) is 3.20. The van der Waals surface area contributed by atoms with Crippen molar-refractivity contribution in [1.82, 2.24) is 0 Å². The summed E-state index contributed by atoms with van der Waals surface area (Å²) in [6.45, 7) is 1.54. The van der Waals surface area contributed by atoms with Crippen LogP contribution in [0.5, 0.6) is 23.0 Å². The quantitative estimate of drug-likeness (QED) is 0.911. The Morgan fingerprint density at radius 1 is 0.885 bits per heavy atom. The van der Waals surface area contributed by atoms with E-state index in [0.717, 1.165) is 22.6 Å². The highest BCUT2D eigenvalue weighted by molar-refractivity contribution is 5.46. The normalized spacial score (nSPS) is 29.0. The van der Waals surface area contributed by atoms with E-state index in [-0.39, 0.29) is 36.6 Å². The minimum atomic E-state index is -0.0616. The lowest BCUT2D eigenvalue weighted by Gasteiger charge is -2.17. The van der Waals surface area contributed by atoms with Crippen LogP contribution in [-0.4, -0.2) is 32.2 Å². The lowest BCUT2D eigenvalue weighted by Crippen LogP contribution is -2.14. The highest BCUT2D eigenvalue weighted by Gasteiger charge is 2.48. The smallest absolute Gasteiger partial charge is 0.231 e. The number of rotatable bonds is 3. The summed E-state index contributed by atoms with van der Waals surface area (Å²) >= 11 is 0. The Kier molecular flexibility index (Phi) is 3.69. The molecule has 0 saturated carbocycles. The van der Waals surface area contributed by atoms with Crippen molar-refractivity contribution >= 4 is 0 Å². The summed E-state index contributed by atoms with van der Waals surface area (Å²) in [6.07, 6.45) is -0.0768. The zero-order valence-electron chi connectivity index (χ0n) is 14.4. The molecular formula is C20H20O6. The Morgan fingerprint density at radius 3 is 2.27 bits per heavy atom. The molecule has 1 N–H and O–H groups in total. The average Bonchev–Trinajstić information content (AvgIpc) is 3.37. The summed E-state index contributed by atoms with van der Waals surface area (Å²) in [5.41, 5.74) is 2.09. The van der Waals surface area contributed by atoms with Gasteiger partial charge in [0.1, 0.15) is 0 Å². The van der Waals surface area contributed by atoms with Gasteiger partial charge in [0, 0.05) is 11.8 Å². The first kappa shape index (κ1) is 15.8. The summed E-state index contributed by atoms with van der Waals surface area (Å²) in [5.74, 6) is 2.68. The molecule has 2 fully saturated rings. The van der Waals surface area contributed by atoms with Gasteiger partial charge in [-0.25, -0.2) is 0 Å². The Hall–Kier alpha value is -2.44. The molecule has 6 heteroatoms. The summed E-state index contributed by atoms with van der Waals surface area (Å²) in [6, 6.07) is 11.4. The van der Waals surface area contributed by atoms with E-state index in [1.807, 2.05) is 30.3 Å². The molecule has 0 aromatic heterocycles. The first-order valence-corrected chi connectivity index (χ1v) is 8.74. The number of methoxy groups -OCH3 is 1. The van der Waals surface area contributed by atoms with Crippen LogP contribution >= 0.6 is 0 Å². The minimum Gasteiger partial charge on any atom is -0.504 e. The number of benzene rings is 2. The number of hydrogen-bond acceptors (Lipinski definition) is 6. The molecule has 0 aliphatic carbocycles. The summed E-state index contributed by atoms with van der Waals surface area (Å²) in [5, 5.41) is 9.82. The molecule has 4 atom stereocenters. The van der Waals surface area contributed by atoms with Crippen molar-refractivity contribution in [3.63, 3.8) is 0 Å². The minimum absolute atomic E-state index is 0.0153. The molecular weight excluding hydrogens is 336 g/mol. The van der Waals surface area contributed by atoms with Crippen LogP contribution in [0.1, 0.15) is 23.3 Å². The van der Waals surface area contributed by atoms with Gasteiger partial charge in [-0.1, -0.05) is 12.1 Å². The van der Waals surface area contributed by atoms with E-state index in [0.29, 0.717) is 19.0 Å². The standard InChI is InChI=1S/C20H20O6/c1-22-17-6-11(2-4-15(17)21)19-13-8-24-20(14(13)9-23-19)12-3-5-16-18(7-12)26-10-25-16/h2-7,13-14,19-21H,8-10H2,1H3/t13-,14+,19+,20+/m1/s1. The monoisotopic (exact) mass is 356 g/mol. The van der Waals surface area contributed by atoms with Crippen molar-refractivity contribution in [2.45, 2.75) is 12.2 Å². The van der Waals surface area contributed by atoms with E-state index in [1.165, 1.54) is 0 Å². The fourth-order valence-corrected chi connectivity index (χ4v) is 4.20. The Balaban J connectivity index is 1.40. The third kappa shape index (κ3) is 2.40. The topological polar surface area (TPSA) is 66.4 Å². The highest BCUT2D eigenvalue weighted by Crippen LogP contribution is 2.51. The lowest BCUT2D eigenvalue weighted by atomic mass is 9.85. The van der Waals surface area contributed by atoms with Crippen molar-refractivity contribution < 1.29 is 28.8 Å². The molecule has 0 bridgehead atoms. The van der Waals surface area contributed by atoms with Crippen LogP contribution in [0, 0.1) is 11.8 Å². The van der Waals surface area contributed by atoms with E-state index in [9.17, 15) is 5.11 Å². The molecule has 5 rings (SSSR count). The molecule has 26 heavy (non-hydrogen) atoms. The molecule has 2 aromatic carbocycles. The van der Waals surface area contributed by atoms with Crippen molar-refractivity contribution in [1.29, 1.82) is 0 Å². The lowest BCUT2D eigenvalue weighted by molar-refractivity contribution is 0.0191. The molecule has 0 unspecified atom stereocenters. The maximum Gasteiger partial charge on any atom is 0.231 e. The third-order valence-corrected chi connectivity index (χ3v) is 5.52. The molecule has 0 spiro atoms. The van der Waals surface area contributed by atoms with E-state index in [1.54, 1.807) is 13.2 Å². The molecule has 0 amide bonds. The molecule has 3 heterocycles. The predicted molar refractivity (Wildman–Crippen MR) is 91.6 cm³/mol. The summed E-state index contributed by atoms with van der Waals surface area (Å²) < 4.78 is 28.4. The molecule has 2 saturated heterocycles. The van der Waals surface area contributed by atoms with Gasteiger partial charge in [0.15, 0.2) is 23.0 Å². The fourth-order valence-electron chi connectivity index (χ4n) is 4.20. The number of ether oxygens (including phenoxy) is 5. The van der Waals surface area contributed by atoms with Gasteiger partial charge in [-0.3, -0.25) is 0 Å². The van der Waals surface area contributed by atoms with Gasteiger partial charge in [0.05, 0.1) is 32.5 Å². The second-order valence-electron chi connectivity index (χ2n) is 6.88. The summed E-state index contributed by atoms with van der Waals surface area (Å²) in [4.78, 5) is 0. The maximum atomic E-state index is 9.82. The van der Waals surface area contributed by atoms with Crippen LogP contribution in [0.25, 0.3) is 0 Å². The number of phenolic OH excluding ortho intramolecular Hbond substituents is 1. The van der Waals surface area contributed by atoms with Gasteiger partial charge >= 0.3 is 0 Å². The highest BCUT2D eigenvalue weighted by atomic mass is 16.7. The first-order valence-electron chi connectivity index (χ1n) is 8.74. The van der Waals surface area contributed by atoms with E-state index in [2.05, 4.69) is 0 Å². The number of phenols is 1. The SMILES string of the molecule is COc1cc([C@@H]2OC[C@H]3[C@H]2CO[C@H]3c2ccc3c(c2)OCO3)ccc1O. The second-order valence-corrected chi connectivity index (χ2v) is 6.88. The van der Waals surface area contributed by atoms with Crippen LogP contribution in [-0.2, 0) is 9.47 Å². The molecule has 2 aromatic rings. The van der Waals surface area contributed by atoms with Gasteiger partial charge in [-0.05, 0) is 35.4 Å². The van der Waals surface area contributed by atoms with Crippen LogP contribution in [0.4, 0.5) is 0 Å². The van der Waals surface area contributed by atoms with Gasteiger partial charge in [-0.15, -0.1) is 0 Å². The van der Waals surface area contributed by atoms with Crippen molar-refractivity contribution in [3.8, 4) is 23.0 Å². The number of hydrogen-bond donors (Lipinski definition) is 1. The average molecular weight is 356 g/mol. The molecule has 136 valence electrons. The van der Waals surface area contributed by atoms with E-state index >= 15 is 0 Å². The van der Waals surface area contributed by atoms with Crippen molar-refractivity contribution in [3.05, 3.63) is 47.5 Å².